The summed E-state index contributed by atoms with van der Waals surface area (Å²) in [5.74, 6) is 0.827. The zero-order valence-electron chi connectivity index (χ0n) is 16.4. The van der Waals surface area contributed by atoms with E-state index in [1.165, 1.54) is 0 Å². The molecule has 0 saturated carbocycles. The number of fused-ring (bicyclic) bond motifs is 2. The van der Waals surface area contributed by atoms with Crippen molar-refractivity contribution in [1.82, 2.24) is 34.6 Å². The Kier molecular flexibility index (Phi) is 4.27. The zero-order valence-corrected chi connectivity index (χ0v) is 16.4. The molecule has 144 valence electrons. The van der Waals surface area contributed by atoms with Crippen molar-refractivity contribution < 1.29 is 0 Å². The number of aromatic nitrogens is 7. The number of benzene rings is 1. The van der Waals surface area contributed by atoms with E-state index >= 15 is 0 Å². The lowest BCUT2D eigenvalue weighted by Crippen LogP contribution is -2.01. The van der Waals surface area contributed by atoms with Gasteiger partial charge in [0.2, 0.25) is 0 Å². The van der Waals surface area contributed by atoms with Crippen LogP contribution in [0.4, 0.5) is 0 Å². The third-order valence-electron chi connectivity index (χ3n) is 4.99. The van der Waals surface area contributed by atoms with Crippen molar-refractivity contribution in [3.05, 3.63) is 72.1 Å². The number of hydrogen-bond acceptors (Lipinski definition) is 5. The van der Waals surface area contributed by atoms with Gasteiger partial charge in [-0.25, -0.2) is 0 Å². The smallest absolute Gasteiger partial charge is 0.177 e. The largest absolute Gasteiger partial charge is 0.272 e. The van der Waals surface area contributed by atoms with Crippen LogP contribution in [0.15, 0.2) is 55.0 Å². The van der Waals surface area contributed by atoms with Crippen molar-refractivity contribution in [3.63, 3.8) is 0 Å². The molecule has 1 aromatic carbocycles. The molecule has 7 nitrogen and oxygen atoms in total. The Balaban J connectivity index is 1.49. The van der Waals surface area contributed by atoms with E-state index in [1.54, 1.807) is 0 Å². The first-order valence-corrected chi connectivity index (χ1v) is 9.79. The van der Waals surface area contributed by atoms with E-state index in [9.17, 15) is 0 Å². The van der Waals surface area contributed by atoms with Crippen LogP contribution in [0.2, 0.25) is 0 Å². The highest BCUT2D eigenvalue weighted by molar-refractivity contribution is 5.84. The summed E-state index contributed by atoms with van der Waals surface area (Å²) in [6.07, 6.45) is 7.61. The maximum absolute atomic E-state index is 4.63. The van der Waals surface area contributed by atoms with Gasteiger partial charge in [-0.1, -0.05) is 13.0 Å². The van der Waals surface area contributed by atoms with E-state index in [1.807, 2.05) is 40.6 Å². The maximum atomic E-state index is 4.63. The topological polar surface area (TPSA) is 73.8 Å². The fourth-order valence-electron chi connectivity index (χ4n) is 3.53. The highest BCUT2D eigenvalue weighted by Gasteiger charge is 2.09. The van der Waals surface area contributed by atoms with E-state index in [0.717, 1.165) is 57.7 Å². The highest BCUT2D eigenvalue weighted by Crippen LogP contribution is 2.24. The van der Waals surface area contributed by atoms with Gasteiger partial charge >= 0.3 is 0 Å². The summed E-state index contributed by atoms with van der Waals surface area (Å²) in [5, 5.41) is 18.6. The van der Waals surface area contributed by atoms with E-state index in [2.05, 4.69) is 62.8 Å². The lowest BCUT2D eigenvalue weighted by atomic mass is 10.0. The van der Waals surface area contributed by atoms with Gasteiger partial charge in [0.15, 0.2) is 11.5 Å². The second-order valence-electron chi connectivity index (χ2n) is 7.28. The molecule has 0 bridgehead atoms. The lowest BCUT2D eigenvalue weighted by molar-refractivity contribution is 0.603. The molecule has 4 aromatic heterocycles. The van der Waals surface area contributed by atoms with Crippen molar-refractivity contribution in [2.45, 2.75) is 33.2 Å². The van der Waals surface area contributed by atoms with E-state index in [4.69, 9.17) is 0 Å². The number of rotatable bonds is 5. The molecule has 5 aromatic rings. The van der Waals surface area contributed by atoms with Crippen LogP contribution in [0, 0.1) is 6.92 Å². The molecule has 0 aliphatic rings. The molecule has 0 spiro atoms. The van der Waals surface area contributed by atoms with Crippen LogP contribution < -0.4 is 0 Å². The lowest BCUT2D eigenvalue weighted by Gasteiger charge is -2.05. The van der Waals surface area contributed by atoms with Gasteiger partial charge in [-0.3, -0.25) is 9.67 Å². The Morgan fingerprint density at radius 1 is 0.966 bits per heavy atom. The van der Waals surface area contributed by atoms with Crippen molar-refractivity contribution in [2.75, 3.05) is 0 Å². The molecule has 0 unspecified atom stereocenters. The predicted octanol–water partition coefficient (Wildman–Crippen LogP) is 3.85. The van der Waals surface area contributed by atoms with Crippen molar-refractivity contribution in [1.29, 1.82) is 0 Å². The van der Waals surface area contributed by atoms with Crippen LogP contribution in [-0.4, -0.2) is 34.6 Å². The Morgan fingerprint density at radius 3 is 2.79 bits per heavy atom. The summed E-state index contributed by atoms with van der Waals surface area (Å²) in [6, 6.07) is 12.4. The summed E-state index contributed by atoms with van der Waals surface area (Å²) >= 11 is 0. The van der Waals surface area contributed by atoms with Crippen LogP contribution in [0.3, 0.4) is 0 Å². The molecular weight excluding hydrogens is 362 g/mol. The molecule has 0 aliphatic heterocycles. The first kappa shape index (κ1) is 17.5. The Morgan fingerprint density at radius 2 is 1.90 bits per heavy atom. The van der Waals surface area contributed by atoms with Crippen molar-refractivity contribution in [3.8, 4) is 11.1 Å². The summed E-state index contributed by atoms with van der Waals surface area (Å²) < 4.78 is 3.79. The van der Waals surface area contributed by atoms with Gasteiger partial charge in [0.05, 0.1) is 17.4 Å². The van der Waals surface area contributed by atoms with Gasteiger partial charge in [-0.2, -0.15) is 14.7 Å². The fourth-order valence-corrected chi connectivity index (χ4v) is 3.53. The molecule has 0 saturated heterocycles. The molecule has 4 heterocycles. The van der Waals surface area contributed by atoms with E-state index < -0.39 is 0 Å². The van der Waals surface area contributed by atoms with Crippen molar-refractivity contribution in [2.24, 2.45) is 0 Å². The third-order valence-corrected chi connectivity index (χ3v) is 4.99. The van der Waals surface area contributed by atoms with Crippen LogP contribution in [0.5, 0.6) is 0 Å². The van der Waals surface area contributed by atoms with Crippen molar-refractivity contribution >= 4 is 16.6 Å². The quantitative estimate of drug-likeness (QED) is 0.461. The van der Waals surface area contributed by atoms with Gasteiger partial charge in [0, 0.05) is 41.9 Å². The Hall–Kier alpha value is -3.61. The number of pyridine rings is 1. The molecule has 0 N–H and O–H groups in total. The molecule has 0 radical (unpaired) electrons. The average Bonchev–Trinajstić information content (AvgIpc) is 3.35. The minimum absolute atomic E-state index is 0.659. The van der Waals surface area contributed by atoms with Gasteiger partial charge < -0.3 is 0 Å². The maximum Gasteiger partial charge on any atom is 0.177 e. The molecule has 7 heteroatoms. The highest BCUT2D eigenvalue weighted by atomic mass is 15.4. The average molecular weight is 383 g/mol. The van der Waals surface area contributed by atoms with Crippen LogP contribution >= 0.6 is 0 Å². The van der Waals surface area contributed by atoms with Crippen LogP contribution in [0.1, 0.15) is 30.4 Å². The molecule has 0 atom stereocenters. The number of hydrogen-bond donors (Lipinski definition) is 0. The number of aryl methyl sites for hydroxylation is 2. The standard InChI is InChI=1S/C22H21N7/c1-3-8-28-14-19(13-24-28)18-11-17-9-16(5-6-20(17)23-12-18)10-22-26-25-21-7-4-15(2)27-29(21)22/h4-7,9,11-14H,3,8,10H2,1-2H3. The third kappa shape index (κ3) is 3.35. The molecule has 29 heavy (non-hydrogen) atoms. The Bertz CT molecular complexity index is 1320. The second-order valence-corrected chi connectivity index (χ2v) is 7.28. The SMILES string of the molecule is CCCn1cc(-c2cnc3ccc(Cc4nnc5ccc(C)nn45)cc3c2)cn1. The van der Waals surface area contributed by atoms with E-state index in [-0.39, 0.29) is 0 Å². The van der Waals surface area contributed by atoms with Crippen LogP contribution in [-0.2, 0) is 13.0 Å². The van der Waals surface area contributed by atoms with Crippen LogP contribution in [0.25, 0.3) is 27.7 Å². The zero-order chi connectivity index (χ0) is 19.8. The van der Waals surface area contributed by atoms with Gasteiger partial charge in [-0.05, 0) is 49.2 Å². The minimum Gasteiger partial charge on any atom is -0.272 e. The molecule has 0 amide bonds. The summed E-state index contributed by atoms with van der Waals surface area (Å²) in [4.78, 5) is 4.63. The predicted molar refractivity (Wildman–Crippen MR) is 112 cm³/mol. The molecule has 0 fully saturated rings. The molecule has 5 rings (SSSR count). The van der Waals surface area contributed by atoms with E-state index in [0.29, 0.717) is 6.42 Å². The first-order valence-electron chi connectivity index (χ1n) is 9.79. The van der Waals surface area contributed by atoms with Gasteiger partial charge in [-0.15, -0.1) is 10.2 Å². The molecular formula is C22H21N7. The fraction of sp³-hybridized carbons (Fsp3) is 0.227. The summed E-state index contributed by atoms with van der Waals surface area (Å²) in [5.41, 5.74) is 5.98. The summed E-state index contributed by atoms with van der Waals surface area (Å²) in [6.45, 7) is 5.04. The van der Waals surface area contributed by atoms with Gasteiger partial charge in [0.25, 0.3) is 0 Å². The number of nitrogens with zero attached hydrogens (tertiary/aromatic N) is 7. The monoisotopic (exact) mass is 383 g/mol. The Labute approximate surface area is 168 Å². The first-order chi connectivity index (χ1) is 14.2. The normalized spacial score (nSPS) is 11.5. The molecule has 0 aliphatic carbocycles. The summed E-state index contributed by atoms with van der Waals surface area (Å²) in [7, 11) is 0. The minimum atomic E-state index is 0.659. The second kappa shape index (κ2) is 7.09. The van der Waals surface area contributed by atoms with Gasteiger partial charge in [0.1, 0.15) is 0 Å².